The smallest absolute Gasteiger partial charge is 0.303 e. The molecule has 1 rings (SSSR count). The van der Waals surface area contributed by atoms with Gasteiger partial charge in [-0.05, 0) is 19.1 Å². The molecule has 0 bridgehead atoms. The molecule has 2 N–H and O–H groups in total. The molecular formula is C16H20O9. The van der Waals surface area contributed by atoms with E-state index in [2.05, 4.69) is 0 Å². The maximum atomic E-state index is 12.2. The van der Waals surface area contributed by atoms with E-state index in [0.717, 1.165) is 13.8 Å². The lowest BCUT2D eigenvalue weighted by atomic mass is 10.0. The zero-order chi connectivity index (χ0) is 19.1. The molecule has 0 radical (unpaired) electrons. The minimum Gasteiger partial charge on any atom is -0.458 e. The first kappa shape index (κ1) is 20.5. The van der Waals surface area contributed by atoms with Gasteiger partial charge in [0.05, 0.1) is 12.5 Å². The molecule has 0 aliphatic rings. The second-order valence-electron chi connectivity index (χ2n) is 5.34. The van der Waals surface area contributed by atoms with Gasteiger partial charge in [0.15, 0.2) is 11.9 Å². The number of Topliss-reactive ketones (excluding diaryl/α,β-unsaturated/α-hetero) is 2. The zero-order valence-electron chi connectivity index (χ0n) is 14.1. The van der Waals surface area contributed by atoms with Crippen LogP contribution in [0.4, 0.5) is 0 Å². The summed E-state index contributed by atoms with van der Waals surface area (Å²) >= 11 is 0. The van der Waals surface area contributed by atoms with Gasteiger partial charge in [0.2, 0.25) is 5.78 Å². The van der Waals surface area contributed by atoms with Gasteiger partial charge < -0.3 is 24.1 Å². The van der Waals surface area contributed by atoms with E-state index in [1.54, 1.807) is 0 Å². The van der Waals surface area contributed by atoms with Gasteiger partial charge in [0.25, 0.3) is 5.78 Å². The van der Waals surface area contributed by atoms with Crippen LogP contribution in [0, 0.1) is 0 Å². The highest BCUT2D eigenvalue weighted by Crippen LogP contribution is 2.17. The summed E-state index contributed by atoms with van der Waals surface area (Å²) in [6, 6.07) is 2.56. The first-order chi connectivity index (χ1) is 11.6. The van der Waals surface area contributed by atoms with E-state index in [1.807, 2.05) is 0 Å². The van der Waals surface area contributed by atoms with Crippen LogP contribution in [-0.4, -0.2) is 52.0 Å². The van der Waals surface area contributed by atoms with Gasteiger partial charge in [0.1, 0.15) is 18.5 Å². The van der Waals surface area contributed by atoms with E-state index in [0.29, 0.717) is 0 Å². The highest BCUT2D eigenvalue weighted by molar-refractivity contribution is 6.43. The number of ether oxygens (including phenoxy) is 2. The van der Waals surface area contributed by atoms with Crippen molar-refractivity contribution in [2.75, 3.05) is 0 Å². The Bertz CT molecular complexity index is 644. The largest absolute Gasteiger partial charge is 0.458 e. The number of hydrogen-bond donors (Lipinski definition) is 2. The van der Waals surface area contributed by atoms with Gasteiger partial charge in [0, 0.05) is 13.8 Å². The molecule has 25 heavy (non-hydrogen) atoms. The normalized spacial score (nSPS) is 14.3. The average Bonchev–Trinajstić information content (AvgIpc) is 2.99. The summed E-state index contributed by atoms with van der Waals surface area (Å²) in [4.78, 5) is 46.6. The Hall–Kier alpha value is -2.52. The fourth-order valence-corrected chi connectivity index (χ4v) is 2.11. The number of rotatable bonds is 9. The van der Waals surface area contributed by atoms with Crippen molar-refractivity contribution in [2.24, 2.45) is 0 Å². The Morgan fingerprint density at radius 3 is 2.16 bits per heavy atom. The summed E-state index contributed by atoms with van der Waals surface area (Å²) in [6.45, 7) is 3.02. The quantitative estimate of drug-likeness (QED) is 0.359. The minimum absolute atomic E-state index is 0.106. The SMILES string of the molecule is CC(=O)O[C@H]([C@@H](C)O)[C@@H](CC(=O)C(=O)c1ccc(CO)o1)OC(C)=O. The van der Waals surface area contributed by atoms with E-state index in [9.17, 15) is 24.3 Å². The molecule has 1 aromatic heterocycles. The first-order valence-corrected chi connectivity index (χ1v) is 7.45. The van der Waals surface area contributed by atoms with Gasteiger partial charge in [-0.2, -0.15) is 0 Å². The third kappa shape index (κ3) is 6.12. The number of carbonyl (C=O) groups is 4. The van der Waals surface area contributed by atoms with Gasteiger partial charge in [-0.15, -0.1) is 0 Å². The number of carbonyl (C=O) groups excluding carboxylic acids is 4. The van der Waals surface area contributed by atoms with Crippen molar-refractivity contribution in [1.82, 2.24) is 0 Å². The van der Waals surface area contributed by atoms with E-state index < -0.39 is 54.8 Å². The molecule has 1 heterocycles. The highest BCUT2D eigenvalue weighted by Gasteiger charge is 2.35. The number of aliphatic hydroxyl groups is 2. The Labute approximate surface area is 143 Å². The molecule has 0 amide bonds. The van der Waals surface area contributed by atoms with Crippen molar-refractivity contribution in [3.63, 3.8) is 0 Å². The molecule has 138 valence electrons. The molecule has 0 spiro atoms. The molecule has 0 fully saturated rings. The number of esters is 2. The van der Waals surface area contributed by atoms with Crippen molar-refractivity contribution in [1.29, 1.82) is 0 Å². The molecular weight excluding hydrogens is 336 g/mol. The maximum absolute atomic E-state index is 12.2. The standard InChI is InChI=1S/C16H20O9/c1-8(18)16(24-10(3)20)14(23-9(2)19)6-12(21)15(22)13-5-4-11(7-17)25-13/h4-5,8,14,16-18H,6-7H2,1-3H3/t8-,14-,16-/m1/s1. The van der Waals surface area contributed by atoms with Crippen LogP contribution in [0.3, 0.4) is 0 Å². The Balaban J connectivity index is 2.95. The van der Waals surface area contributed by atoms with Crippen LogP contribution >= 0.6 is 0 Å². The van der Waals surface area contributed by atoms with E-state index >= 15 is 0 Å². The Kier molecular flexibility index (Phi) is 7.46. The molecule has 0 unspecified atom stereocenters. The number of hydrogen-bond acceptors (Lipinski definition) is 9. The van der Waals surface area contributed by atoms with Crippen LogP contribution in [0.5, 0.6) is 0 Å². The van der Waals surface area contributed by atoms with Crippen molar-refractivity contribution >= 4 is 23.5 Å². The third-order valence-corrected chi connectivity index (χ3v) is 3.14. The maximum Gasteiger partial charge on any atom is 0.303 e. The Morgan fingerprint density at radius 1 is 1.12 bits per heavy atom. The second-order valence-corrected chi connectivity index (χ2v) is 5.34. The number of ketones is 2. The molecule has 1 aromatic rings. The third-order valence-electron chi connectivity index (χ3n) is 3.14. The van der Waals surface area contributed by atoms with E-state index in [4.69, 9.17) is 19.0 Å². The van der Waals surface area contributed by atoms with Crippen molar-refractivity contribution in [3.05, 3.63) is 23.7 Å². The lowest BCUT2D eigenvalue weighted by molar-refractivity contribution is -0.174. The first-order valence-electron chi connectivity index (χ1n) is 7.45. The summed E-state index contributed by atoms with van der Waals surface area (Å²) in [7, 11) is 0. The highest BCUT2D eigenvalue weighted by atomic mass is 16.6. The fraction of sp³-hybridized carbons (Fsp3) is 0.500. The molecule has 0 aliphatic heterocycles. The minimum atomic E-state index is -1.34. The van der Waals surface area contributed by atoms with Gasteiger partial charge in [-0.3, -0.25) is 19.2 Å². The predicted molar refractivity (Wildman–Crippen MR) is 81.4 cm³/mol. The van der Waals surface area contributed by atoms with Gasteiger partial charge in [-0.25, -0.2) is 0 Å². The van der Waals surface area contributed by atoms with Crippen LogP contribution in [0.25, 0.3) is 0 Å². The average molecular weight is 356 g/mol. The predicted octanol–water partition coefficient (Wildman–Crippen LogP) is 0.158. The number of furan rings is 1. The monoisotopic (exact) mass is 356 g/mol. The Morgan fingerprint density at radius 2 is 1.72 bits per heavy atom. The lowest BCUT2D eigenvalue weighted by Crippen LogP contribution is -2.43. The van der Waals surface area contributed by atoms with Gasteiger partial charge in [-0.1, -0.05) is 0 Å². The van der Waals surface area contributed by atoms with Crippen LogP contribution in [0.2, 0.25) is 0 Å². The van der Waals surface area contributed by atoms with E-state index in [1.165, 1.54) is 19.1 Å². The van der Waals surface area contributed by atoms with Crippen LogP contribution in [0.1, 0.15) is 43.5 Å². The van der Waals surface area contributed by atoms with Crippen LogP contribution < -0.4 is 0 Å². The van der Waals surface area contributed by atoms with Crippen molar-refractivity contribution in [2.45, 2.75) is 52.1 Å². The lowest BCUT2D eigenvalue weighted by Gasteiger charge is -2.27. The molecule has 0 saturated carbocycles. The van der Waals surface area contributed by atoms with Crippen molar-refractivity contribution in [3.8, 4) is 0 Å². The zero-order valence-corrected chi connectivity index (χ0v) is 14.1. The molecule has 0 aliphatic carbocycles. The summed E-state index contributed by atoms with van der Waals surface area (Å²) < 4.78 is 14.8. The second kappa shape index (κ2) is 9.09. The summed E-state index contributed by atoms with van der Waals surface area (Å²) in [5.74, 6) is -3.66. The summed E-state index contributed by atoms with van der Waals surface area (Å²) in [5, 5.41) is 18.6. The van der Waals surface area contributed by atoms with Crippen LogP contribution in [0.15, 0.2) is 16.5 Å². The van der Waals surface area contributed by atoms with Gasteiger partial charge >= 0.3 is 11.9 Å². The molecule has 9 nitrogen and oxygen atoms in total. The summed E-state index contributed by atoms with van der Waals surface area (Å²) in [5.41, 5.74) is 0. The molecule has 0 aromatic carbocycles. The van der Waals surface area contributed by atoms with E-state index in [-0.39, 0.29) is 11.5 Å². The summed E-state index contributed by atoms with van der Waals surface area (Å²) in [6.07, 6.45) is -4.52. The molecule has 3 atom stereocenters. The van der Waals surface area contributed by atoms with Crippen molar-refractivity contribution < 1.29 is 43.3 Å². The van der Waals surface area contributed by atoms with Crippen LogP contribution in [-0.2, 0) is 30.5 Å². The topological polar surface area (TPSA) is 140 Å². The molecule has 9 heteroatoms. The number of aliphatic hydroxyl groups excluding tert-OH is 2. The fourth-order valence-electron chi connectivity index (χ4n) is 2.11. The molecule has 0 saturated heterocycles.